The molecule has 8 heteroatoms. The number of hydrogen-bond acceptors (Lipinski definition) is 5. The van der Waals surface area contributed by atoms with Crippen molar-refractivity contribution in [2.24, 2.45) is 0 Å². The molecular formula is C24H29BrN2O5. The van der Waals surface area contributed by atoms with Crippen LogP contribution >= 0.6 is 15.9 Å². The molecule has 3 rings (SSSR count). The molecule has 0 radical (unpaired) electrons. The van der Waals surface area contributed by atoms with Crippen molar-refractivity contribution in [2.75, 3.05) is 19.7 Å². The Labute approximate surface area is 196 Å². The SMILES string of the molecule is C=CCOc1ccc(CNC2CCN(Cc3ccccc3)CC2)cc1Br.O=C(O)C(=O)O. The zero-order valence-electron chi connectivity index (χ0n) is 17.9. The maximum atomic E-state index is 9.10. The van der Waals surface area contributed by atoms with E-state index >= 15 is 0 Å². The van der Waals surface area contributed by atoms with Crippen LogP contribution in [0.4, 0.5) is 0 Å². The molecule has 3 N–H and O–H groups in total. The molecule has 2 aromatic rings. The number of likely N-dealkylation sites (tertiary alicyclic amines) is 1. The van der Waals surface area contributed by atoms with Crippen LogP contribution in [0.3, 0.4) is 0 Å². The summed E-state index contributed by atoms with van der Waals surface area (Å²) in [6.07, 6.45) is 4.16. The lowest BCUT2D eigenvalue weighted by atomic mass is 10.0. The summed E-state index contributed by atoms with van der Waals surface area (Å²) in [4.78, 5) is 20.8. The van der Waals surface area contributed by atoms with Gasteiger partial charge < -0.3 is 20.3 Å². The molecule has 0 bridgehead atoms. The van der Waals surface area contributed by atoms with Gasteiger partial charge in [-0.2, -0.15) is 0 Å². The lowest BCUT2D eigenvalue weighted by molar-refractivity contribution is -0.159. The Hall–Kier alpha value is -2.68. The molecule has 172 valence electrons. The van der Waals surface area contributed by atoms with E-state index in [-0.39, 0.29) is 0 Å². The lowest BCUT2D eigenvalue weighted by Gasteiger charge is -2.32. The number of nitrogens with one attached hydrogen (secondary N) is 1. The van der Waals surface area contributed by atoms with Gasteiger partial charge in [0.1, 0.15) is 12.4 Å². The van der Waals surface area contributed by atoms with E-state index in [4.69, 9.17) is 24.5 Å². The van der Waals surface area contributed by atoms with Crippen molar-refractivity contribution in [1.29, 1.82) is 0 Å². The van der Waals surface area contributed by atoms with Crippen LogP contribution in [-0.4, -0.2) is 52.8 Å². The smallest absolute Gasteiger partial charge is 0.414 e. The molecule has 0 amide bonds. The molecule has 2 aromatic carbocycles. The van der Waals surface area contributed by atoms with E-state index in [0.29, 0.717) is 12.6 Å². The fraction of sp³-hybridized carbons (Fsp3) is 0.333. The number of rotatable bonds is 8. The topological polar surface area (TPSA) is 99.1 Å². The molecule has 7 nitrogen and oxygen atoms in total. The molecule has 0 atom stereocenters. The minimum atomic E-state index is -1.82. The third-order valence-electron chi connectivity index (χ3n) is 4.97. The number of hydrogen-bond donors (Lipinski definition) is 3. The second-order valence-electron chi connectivity index (χ2n) is 7.39. The number of carbonyl (C=O) groups is 2. The third kappa shape index (κ3) is 9.21. The van der Waals surface area contributed by atoms with Crippen LogP contribution < -0.4 is 10.1 Å². The number of carboxylic acid groups (broad SMARTS) is 2. The van der Waals surface area contributed by atoms with Gasteiger partial charge in [0.2, 0.25) is 0 Å². The molecule has 1 aliphatic rings. The fourth-order valence-corrected chi connectivity index (χ4v) is 3.86. The number of carboxylic acids is 2. The first-order valence-electron chi connectivity index (χ1n) is 10.4. The first kappa shape index (κ1) is 25.6. The van der Waals surface area contributed by atoms with Gasteiger partial charge in [0.15, 0.2) is 0 Å². The lowest BCUT2D eigenvalue weighted by Crippen LogP contribution is -2.41. The molecular weight excluding hydrogens is 476 g/mol. The van der Waals surface area contributed by atoms with Gasteiger partial charge in [-0.05, 0) is 65.1 Å². The fourth-order valence-electron chi connectivity index (χ4n) is 3.32. The van der Waals surface area contributed by atoms with Crippen LogP contribution in [0.25, 0.3) is 0 Å². The van der Waals surface area contributed by atoms with E-state index in [2.05, 4.69) is 75.2 Å². The third-order valence-corrected chi connectivity index (χ3v) is 5.59. The Morgan fingerprint density at radius 3 is 2.31 bits per heavy atom. The van der Waals surface area contributed by atoms with E-state index in [1.807, 2.05) is 6.07 Å². The summed E-state index contributed by atoms with van der Waals surface area (Å²) in [5.41, 5.74) is 2.68. The Balaban J connectivity index is 0.000000534. The zero-order valence-corrected chi connectivity index (χ0v) is 19.5. The molecule has 1 aliphatic heterocycles. The number of nitrogens with zero attached hydrogens (tertiary/aromatic N) is 1. The normalized spacial score (nSPS) is 14.2. The van der Waals surface area contributed by atoms with Gasteiger partial charge in [-0.25, -0.2) is 9.59 Å². The van der Waals surface area contributed by atoms with E-state index < -0.39 is 11.9 Å². The summed E-state index contributed by atoms with van der Waals surface area (Å²) in [5.74, 6) is -2.78. The maximum Gasteiger partial charge on any atom is 0.414 e. The van der Waals surface area contributed by atoms with E-state index in [1.165, 1.54) is 24.0 Å². The molecule has 0 aromatic heterocycles. The summed E-state index contributed by atoms with van der Waals surface area (Å²) in [6, 6.07) is 17.6. The summed E-state index contributed by atoms with van der Waals surface area (Å²) < 4.78 is 6.60. The summed E-state index contributed by atoms with van der Waals surface area (Å²) >= 11 is 3.59. The molecule has 32 heavy (non-hydrogen) atoms. The molecule has 1 fully saturated rings. The summed E-state index contributed by atoms with van der Waals surface area (Å²) in [5, 5.41) is 18.5. The average Bonchev–Trinajstić information content (AvgIpc) is 2.79. The molecule has 1 saturated heterocycles. The van der Waals surface area contributed by atoms with E-state index in [1.54, 1.807) is 6.08 Å². The first-order chi connectivity index (χ1) is 15.4. The highest BCUT2D eigenvalue weighted by molar-refractivity contribution is 9.10. The average molecular weight is 505 g/mol. The van der Waals surface area contributed by atoms with Crippen molar-refractivity contribution < 1.29 is 24.5 Å². The minimum Gasteiger partial charge on any atom is -0.488 e. The highest BCUT2D eigenvalue weighted by Crippen LogP contribution is 2.26. The largest absolute Gasteiger partial charge is 0.488 e. The highest BCUT2D eigenvalue weighted by atomic mass is 79.9. The van der Waals surface area contributed by atoms with Crippen LogP contribution in [0.15, 0.2) is 65.7 Å². The maximum absolute atomic E-state index is 9.10. The van der Waals surface area contributed by atoms with Crippen LogP contribution in [0.5, 0.6) is 5.75 Å². The number of aliphatic carboxylic acids is 2. The van der Waals surface area contributed by atoms with Crippen molar-refractivity contribution in [1.82, 2.24) is 10.2 Å². The van der Waals surface area contributed by atoms with Crippen molar-refractivity contribution in [3.05, 3.63) is 76.8 Å². The standard InChI is InChI=1S/C22H27BrN2O.C2H2O4/c1-2-14-26-22-9-8-19(15-21(22)23)16-24-20-10-12-25(13-11-20)17-18-6-4-3-5-7-18;3-1(4)2(5)6/h2-9,15,20,24H,1,10-14,16-17H2;(H,3,4)(H,5,6). The number of ether oxygens (including phenoxy) is 1. The molecule has 0 saturated carbocycles. The van der Waals surface area contributed by atoms with Crippen molar-refractivity contribution in [3.8, 4) is 5.75 Å². The summed E-state index contributed by atoms with van der Waals surface area (Å²) in [6.45, 7) is 8.47. The van der Waals surface area contributed by atoms with Gasteiger partial charge in [-0.3, -0.25) is 4.90 Å². The predicted octanol–water partition coefficient (Wildman–Crippen LogP) is 3.92. The molecule has 1 heterocycles. The zero-order chi connectivity index (χ0) is 23.3. The number of piperidine rings is 1. The monoisotopic (exact) mass is 504 g/mol. The van der Waals surface area contributed by atoms with Crippen molar-refractivity contribution in [3.63, 3.8) is 0 Å². The quantitative estimate of drug-likeness (QED) is 0.370. The van der Waals surface area contributed by atoms with Gasteiger partial charge >= 0.3 is 11.9 Å². The van der Waals surface area contributed by atoms with Crippen molar-refractivity contribution in [2.45, 2.75) is 32.0 Å². The second-order valence-corrected chi connectivity index (χ2v) is 8.25. The second kappa shape index (κ2) is 13.7. The Morgan fingerprint density at radius 1 is 1.09 bits per heavy atom. The minimum absolute atomic E-state index is 0.526. The molecule has 0 unspecified atom stereocenters. The van der Waals surface area contributed by atoms with Crippen LogP contribution in [0, 0.1) is 0 Å². The van der Waals surface area contributed by atoms with Gasteiger partial charge in [0, 0.05) is 19.1 Å². The Bertz CT molecular complexity index is 871. The molecule has 0 aliphatic carbocycles. The first-order valence-corrected chi connectivity index (χ1v) is 11.2. The van der Waals surface area contributed by atoms with Gasteiger partial charge in [0.05, 0.1) is 4.47 Å². The number of halogens is 1. The Morgan fingerprint density at radius 2 is 1.75 bits per heavy atom. The van der Waals surface area contributed by atoms with E-state index in [0.717, 1.165) is 36.4 Å². The van der Waals surface area contributed by atoms with Gasteiger partial charge in [-0.15, -0.1) is 0 Å². The molecule has 0 spiro atoms. The van der Waals surface area contributed by atoms with E-state index in [9.17, 15) is 0 Å². The van der Waals surface area contributed by atoms with Gasteiger partial charge in [0.25, 0.3) is 0 Å². The van der Waals surface area contributed by atoms with Crippen LogP contribution in [0.1, 0.15) is 24.0 Å². The number of benzene rings is 2. The van der Waals surface area contributed by atoms with Crippen molar-refractivity contribution >= 4 is 27.9 Å². The van der Waals surface area contributed by atoms with Crippen LogP contribution in [-0.2, 0) is 22.7 Å². The predicted molar refractivity (Wildman–Crippen MR) is 127 cm³/mol. The Kier molecular flexibility index (Phi) is 10.9. The van der Waals surface area contributed by atoms with Gasteiger partial charge in [-0.1, -0.05) is 49.1 Å². The van der Waals surface area contributed by atoms with Crippen LogP contribution in [0.2, 0.25) is 0 Å². The highest BCUT2D eigenvalue weighted by Gasteiger charge is 2.18. The summed E-state index contributed by atoms with van der Waals surface area (Å²) in [7, 11) is 0.